The predicted octanol–water partition coefficient (Wildman–Crippen LogP) is 5.91. The number of nitrogens with two attached hydrogens (primary N) is 2. The minimum absolute atomic E-state index is 0.0210. The zero-order valence-electron chi connectivity index (χ0n) is 33.5. The number of Topliss-reactive ketones (excluding diaryl/α,β-unsaturated/α-hetero) is 3. The lowest BCUT2D eigenvalue weighted by Gasteiger charge is -2.36. The molecule has 1 spiro atoms. The Labute approximate surface area is 307 Å². The van der Waals surface area contributed by atoms with Crippen molar-refractivity contribution in [3.63, 3.8) is 0 Å². The molecule has 4 atom stereocenters. The van der Waals surface area contributed by atoms with E-state index < -0.39 is 40.5 Å². The zero-order valence-corrected chi connectivity index (χ0v) is 33.5. The van der Waals surface area contributed by atoms with Crippen LogP contribution in [0.15, 0.2) is 0 Å². The fourth-order valence-corrected chi connectivity index (χ4v) is 8.30. The van der Waals surface area contributed by atoms with E-state index in [1.165, 1.54) is 25.7 Å². The Morgan fingerprint density at radius 3 is 1.80 bits per heavy atom. The van der Waals surface area contributed by atoms with E-state index >= 15 is 0 Å². The summed E-state index contributed by atoms with van der Waals surface area (Å²) in [4.78, 5) is 79.3. The highest BCUT2D eigenvalue weighted by Crippen LogP contribution is 2.73. The van der Waals surface area contributed by atoms with Gasteiger partial charge in [0.25, 0.3) is 5.91 Å². The van der Waals surface area contributed by atoms with Gasteiger partial charge in [0.1, 0.15) is 5.78 Å². The largest absolute Gasteiger partial charge is 0.363 e. The van der Waals surface area contributed by atoms with Crippen LogP contribution in [-0.2, 0) is 28.8 Å². The topological polar surface area (TPSA) is 170 Å². The Kier molecular flexibility index (Phi) is 13.6. The normalized spacial score (nSPS) is 22.7. The van der Waals surface area contributed by atoms with Crippen LogP contribution in [0.2, 0.25) is 0 Å². The van der Waals surface area contributed by atoms with Gasteiger partial charge in [-0.05, 0) is 85.9 Å². The Hall–Kier alpha value is -2.62. The summed E-state index contributed by atoms with van der Waals surface area (Å²) in [5.41, 5.74) is 11.0. The fourth-order valence-electron chi connectivity index (χ4n) is 8.30. The zero-order chi connectivity index (χ0) is 38.7. The lowest BCUT2D eigenvalue weighted by atomic mass is 9.73. The van der Waals surface area contributed by atoms with Gasteiger partial charge in [0.2, 0.25) is 17.6 Å². The minimum Gasteiger partial charge on any atom is -0.363 e. The van der Waals surface area contributed by atoms with Gasteiger partial charge in [0.15, 0.2) is 5.78 Å². The molecule has 0 aromatic carbocycles. The number of rotatable bonds is 15. The number of ketones is 3. The maximum absolute atomic E-state index is 14.0. The number of nitrogens with one attached hydrogen (secondary N) is 1. The van der Waals surface area contributed by atoms with E-state index in [-0.39, 0.29) is 60.5 Å². The van der Waals surface area contributed by atoms with Crippen molar-refractivity contribution in [3.8, 4) is 0 Å². The maximum atomic E-state index is 14.0. The first-order chi connectivity index (χ1) is 23.3. The number of hydrogen-bond donors (Lipinski definition) is 3. The van der Waals surface area contributed by atoms with E-state index in [0.717, 1.165) is 30.1 Å². The van der Waals surface area contributed by atoms with E-state index in [0.29, 0.717) is 31.7 Å². The van der Waals surface area contributed by atoms with Crippen LogP contribution < -0.4 is 16.8 Å². The number of carbonyl (C=O) groups excluding carboxylic acids is 6. The second-order valence-electron chi connectivity index (χ2n) is 19.9. The molecule has 4 fully saturated rings. The van der Waals surface area contributed by atoms with Gasteiger partial charge in [-0.3, -0.25) is 28.8 Å². The summed E-state index contributed by atoms with van der Waals surface area (Å²) >= 11 is 0. The third-order valence-electron chi connectivity index (χ3n) is 12.8. The number of likely N-dealkylation sites (tertiary alicyclic amines) is 1. The van der Waals surface area contributed by atoms with Crippen LogP contribution in [0.5, 0.6) is 0 Å². The summed E-state index contributed by atoms with van der Waals surface area (Å²) < 4.78 is 0. The number of primary amides is 1. The van der Waals surface area contributed by atoms with Crippen molar-refractivity contribution in [2.45, 2.75) is 164 Å². The first-order valence-corrected chi connectivity index (χ1v) is 19.5. The van der Waals surface area contributed by atoms with Gasteiger partial charge >= 0.3 is 0 Å². The standard InChI is InChI=1S/C33H56N4O6.C8H14/c1-31(2,3)22(19-36-30(43)33(7,8)35)17-23(38)18-24(32(4,5)6)29(42)37-14-10-13-25(37)26(39)16-21(27(40)28(34)41)15-20-11-9-12-20;1-7(2)6-8(7)4-3-5-8/h20-22,24-25H,9-19,35H2,1-8H3,(H2,34,41)(H,36,43);3-6H2,1-2H3/t21?,22-,24-,25+;/m1./s1. The summed E-state index contributed by atoms with van der Waals surface area (Å²) in [6.45, 7) is 20.5. The van der Waals surface area contributed by atoms with Crippen LogP contribution in [0.25, 0.3) is 0 Å². The number of carbonyl (C=O) groups is 6. The number of nitrogens with zero attached hydrogens (tertiary/aromatic N) is 1. The predicted molar refractivity (Wildman–Crippen MR) is 200 cm³/mol. The highest BCUT2D eigenvalue weighted by atomic mass is 16.2. The SMILES string of the molecule is CC(C)(N)C(=O)NC[C@@H](CC(=O)C[C@H](C(=O)N1CCC[C@H]1C(=O)CC(CC1CCC1)C(=O)C(N)=O)C(C)(C)C)C(C)(C)C.CC1(C)CC12CCC2. The summed E-state index contributed by atoms with van der Waals surface area (Å²) in [6, 6.07) is -0.686. The van der Waals surface area contributed by atoms with E-state index in [1.54, 1.807) is 18.7 Å². The smallest absolute Gasteiger partial charge is 0.285 e. The van der Waals surface area contributed by atoms with Gasteiger partial charge in [-0.2, -0.15) is 0 Å². The molecule has 3 amide bonds. The Balaban J connectivity index is 0.000000756. The van der Waals surface area contributed by atoms with Crippen LogP contribution in [0, 0.1) is 45.3 Å². The highest BCUT2D eigenvalue weighted by Gasteiger charge is 2.63. The lowest BCUT2D eigenvalue weighted by molar-refractivity contribution is -0.146. The molecule has 4 aliphatic rings. The highest BCUT2D eigenvalue weighted by molar-refractivity contribution is 6.36. The molecule has 1 heterocycles. The average Bonchev–Trinajstić information content (AvgIpc) is 3.28. The molecule has 4 rings (SSSR count). The van der Waals surface area contributed by atoms with Gasteiger partial charge in [-0.25, -0.2) is 0 Å². The second kappa shape index (κ2) is 16.2. The molecule has 3 saturated carbocycles. The van der Waals surface area contributed by atoms with Crippen molar-refractivity contribution in [2.75, 3.05) is 13.1 Å². The first-order valence-electron chi connectivity index (χ1n) is 19.5. The van der Waals surface area contributed by atoms with E-state index in [2.05, 4.69) is 19.2 Å². The second-order valence-corrected chi connectivity index (χ2v) is 19.9. The van der Waals surface area contributed by atoms with Crippen LogP contribution in [0.1, 0.15) is 153 Å². The number of hydrogen-bond acceptors (Lipinski definition) is 7. The molecule has 0 radical (unpaired) electrons. The van der Waals surface area contributed by atoms with Crippen LogP contribution in [0.4, 0.5) is 0 Å². The molecule has 0 bridgehead atoms. The van der Waals surface area contributed by atoms with E-state index in [9.17, 15) is 28.8 Å². The van der Waals surface area contributed by atoms with Crippen molar-refractivity contribution in [3.05, 3.63) is 0 Å². The molecule has 0 aromatic heterocycles. The van der Waals surface area contributed by atoms with Crippen LogP contribution in [-0.4, -0.2) is 64.6 Å². The molecule has 3 aliphatic carbocycles. The quantitative estimate of drug-likeness (QED) is 0.177. The van der Waals surface area contributed by atoms with Crippen molar-refractivity contribution < 1.29 is 28.8 Å². The Morgan fingerprint density at radius 2 is 1.41 bits per heavy atom. The first kappa shape index (κ1) is 42.8. The van der Waals surface area contributed by atoms with E-state index in [4.69, 9.17) is 11.5 Å². The van der Waals surface area contributed by atoms with Gasteiger partial charge in [0, 0.05) is 44.2 Å². The van der Waals surface area contributed by atoms with E-state index in [1.807, 2.05) is 41.5 Å². The molecule has 10 nitrogen and oxygen atoms in total. The molecule has 1 saturated heterocycles. The molecule has 0 aromatic rings. The molecule has 290 valence electrons. The molecule has 51 heavy (non-hydrogen) atoms. The van der Waals surface area contributed by atoms with Crippen LogP contribution >= 0.6 is 0 Å². The third-order valence-corrected chi connectivity index (χ3v) is 12.8. The Morgan fingerprint density at radius 1 is 0.824 bits per heavy atom. The summed E-state index contributed by atoms with van der Waals surface area (Å²) in [5, 5.41) is 2.87. The Bertz CT molecular complexity index is 1310. The average molecular weight is 715 g/mol. The summed E-state index contributed by atoms with van der Waals surface area (Å²) in [7, 11) is 0. The molecule has 10 heteroatoms. The maximum Gasteiger partial charge on any atom is 0.285 e. The van der Waals surface area contributed by atoms with Crippen LogP contribution in [0.3, 0.4) is 0 Å². The molecular weight excluding hydrogens is 644 g/mol. The van der Waals surface area contributed by atoms with Gasteiger partial charge in [0.05, 0.1) is 11.6 Å². The molecule has 1 aliphatic heterocycles. The number of amides is 3. The fraction of sp³-hybridized carbons (Fsp3) is 0.854. The molecular formula is C41H70N4O6. The summed E-state index contributed by atoms with van der Waals surface area (Å²) in [6.07, 6.45) is 10.8. The van der Waals surface area contributed by atoms with Crippen molar-refractivity contribution in [1.29, 1.82) is 0 Å². The van der Waals surface area contributed by atoms with Crippen molar-refractivity contribution >= 4 is 35.1 Å². The van der Waals surface area contributed by atoms with Gasteiger partial charge in [-0.1, -0.05) is 81.1 Å². The van der Waals surface area contributed by atoms with Gasteiger partial charge in [-0.15, -0.1) is 0 Å². The summed E-state index contributed by atoms with van der Waals surface area (Å²) in [5.74, 6) is -3.84. The van der Waals surface area contributed by atoms with Crippen molar-refractivity contribution in [2.24, 2.45) is 56.8 Å². The molecule has 5 N–H and O–H groups in total. The van der Waals surface area contributed by atoms with Crippen molar-refractivity contribution in [1.82, 2.24) is 10.2 Å². The molecule has 1 unspecified atom stereocenters. The minimum atomic E-state index is -1.04. The monoisotopic (exact) mass is 715 g/mol. The third kappa shape index (κ3) is 11.2. The van der Waals surface area contributed by atoms with Gasteiger partial charge < -0.3 is 21.7 Å². The lowest BCUT2D eigenvalue weighted by Crippen LogP contribution is -2.51.